The number of hydrogen-bond donors (Lipinski definition) is 1. The van der Waals surface area contributed by atoms with Gasteiger partial charge in [-0.25, -0.2) is 0 Å². The molecule has 0 bridgehead atoms. The predicted octanol–water partition coefficient (Wildman–Crippen LogP) is 3.85. The summed E-state index contributed by atoms with van der Waals surface area (Å²) in [7, 11) is 3.95. The Bertz CT molecular complexity index is 1290. The van der Waals surface area contributed by atoms with Crippen molar-refractivity contribution in [1.29, 1.82) is 0 Å². The van der Waals surface area contributed by atoms with Gasteiger partial charge in [-0.3, -0.25) is 9.88 Å². The lowest BCUT2D eigenvalue weighted by Crippen LogP contribution is -2.10. The Morgan fingerprint density at radius 1 is 1.07 bits per heavy atom. The van der Waals surface area contributed by atoms with Gasteiger partial charge >= 0.3 is 0 Å². The highest BCUT2D eigenvalue weighted by molar-refractivity contribution is 5.85. The van der Waals surface area contributed by atoms with E-state index < -0.39 is 0 Å². The molecule has 2 heterocycles. The Balaban J connectivity index is 1.84. The molecule has 2 aromatic carbocycles. The smallest absolute Gasteiger partial charge is 0.155 e. The van der Waals surface area contributed by atoms with Gasteiger partial charge in [0.05, 0.1) is 6.54 Å². The van der Waals surface area contributed by atoms with Crippen LogP contribution in [0.2, 0.25) is 0 Å². The summed E-state index contributed by atoms with van der Waals surface area (Å²) < 4.78 is 6.10. The van der Waals surface area contributed by atoms with E-state index in [2.05, 4.69) is 22.0 Å². The van der Waals surface area contributed by atoms with Gasteiger partial charge in [0, 0.05) is 28.6 Å². The van der Waals surface area contributed by atoms with Crippen LogP contribution >= 0.6 is 0 Å². The SMILES string of the molecule is CN(C)CC#Cc1ccc2/c(=N/O)cc(-c3cc4ccccc4cn3)oc2c1. The minimum Gasteiger partial charge on any atom is -0.454 e. The van der Waals surface area contributed by atoms with Crippen molar-refractivity contribution in [3.63, 3.8) is 0 Å². The van der Waals surface area contributed by atoms with Crippen LogP contribution in [0.25, 0.3) is 33.2 Å². The monoisotopic (exact) mass is 369 g/mol. The van der Waals surface area contributed by atoms with E-state index in [4.69, 9.17) is 4.42 Å². The highest BCUT2D eigenvalue weighted by Gasteiger charge is 2.09. The summed E-state index contributed by atoms with van der Waals surface area (Å²) in [5.41, 5.74) is 2.11. The van der Waals surface area contributed by atoms with Gasteiger partial charge in [-0.05, 0) is 43.7 Å². The summed E-state index contributed by atoms with van der Waals surface area (Å²) in [4.78, 5) is 6.50. The van der Waals surface area contributed by atoms with Gasteiger partial charge in [-0.1, -0.05) is 41.3 Å². The maximum absolute atomic E-state index is 9.48. The van der Waals surface area contributed by atoms with Gasteiger partial charge in [-0.15, -0.1) is 0 Å². The van der Waals surface area contributed by atoms with Crippen LogP contribution in [0.15, 0.2) is 70.4 Å². The topological polar surface area (TPSA) is 61.9 Å². The Morgan fingerprint density at radius 2 is 1.89 bits per heavy atom. The standard InChI is InChI=1S/C23H19N3O2/c1-26(2)11-5-6-16-9-10-19-20(25-27)14-23(28-22(19)12-16)21-13-17-7-3-4-8-18(17)15-24-21/h3-4,7-10,12-15,27H,11H2,1-2H3/b25-20+. The average molecular weight is 369 g/mol. The van der Waals surface area contributed by atoms with Crippen LogP contribution in [0.4, 0.5) is 0 Å². The molecule has 4 rings (SSSR count). The average Bonchev–Trinajstić information content (AvgIpc) is 2.72. The molecule has 0 saturated heterocycles. The Labute approximate surface area is 162 Å². The largest absolute Gasteiger partial charge is 0.454 e. The summed E-state index contributed by atoms with van der Waals surface area (Å²) in [6, 6.07) is 17.3. The normalized spacial score (nSPS) is 11.8. The second-order valence-electron chi connectivity index (χ2n) is 6.76. The van der Waals surface area contributed by atoms with Crippen LogP contribution in [0.3, 0.4) is 0 Å². The molecule has 2 aromatic heterocycles. The molecule has 0 amide bonds. The third-order valence-corrected chi connectivity index (χ3v) is 4.36. The first-order chi connectivity index (χ1) is 13.6. The van der Waals surface area contributed by atoms with E-state index in [0.717, 1.165) is 16.3 Å². The van der Waals surface area contributed by atoms with Gasteiger partial charge in [0.2, 0.25) is 0 Å². The fourth-order valence-corrected chi connectivity index (χ4v) is 2.97. The molecule has 28 heavy (non-hydrogen) atoms. The second kappa shape index (κ2) is 7.55. The molecule has 1 N–H and O–H groups in total. The first-order valence-corrected chi connectivity index (χ1v) is 8.89. The molecule has 0 atom stereocenters. The molecule has 4 aromatic rings. The molecule has 0 aliphatic carbocycles. The number of nitrogens with zero attached hydrogens (tertiary/aromatic N) is 3. The van der Waals surface area contributed by atoms with Crippen LogP contribution < -0.4 is 5.36 Å². The van der Waals surface area contributed by atoms with Crippen molar-refractivity contribution < 1.29 is 9.62 Å². The van der Waals surface area contributed by atoms with Crippen molar-refractivity contribution in [2.45, 2.75) is 0 Å². The number of hydrogen-bond acceptors (Lipinski definition) is 5. The minimum absolute atomic E-state index is 0.430. The summed E-state index contributed by atoms with van der Waals surface area (Å²) in [6.07, 6.45) is 1.81. The summed E-state index contributed by atoms with van der Waals surface area (Å²) in [6.45, 7) is 0.674. The van der Waals surface area contributed by atoms with Gasteiger partial charge in [-0.2, -0.15) is 0 Å². The zero-order valence-electron chi connectivity index (χ0n) is 15.7. The van der Waals surface area contributed by atoms with Gasteiger partial charge < -0.3 is 9.62 Å². The lowest BCUT2D eigenvalue weighted by molar-refractivity contribution is 0.302. The molecular weight excluding hydrogens is 350 g/mol. The van der Waals surface area contributed by atoms with E-state index in [1.165, 1.54) is 0 Å². The highest BCUT2D eigenvalue weighted by Crippen LogP contribution is 2.24. The predicted molar refractivity (Wildman–Crippen MR) is 110 cm³/mol. The number of fused-ring (bicyclic) bond motifs is 2. The van der Waals surface area contributed by atoms with E-state index in [1.807, 2.05) is 73.7 Å². The molecular formula is C23H19N3O2. The van der Waals surface area contributed by atoms with Crippen LogP contribution in [-0.4, -0.2) is 35.7 Å². The van der Waals surface area contributed by atoms with E-state index in [1.54, 1.807) is 6.07 Å². The summed E-state index contributed by atoms with van der Waals surface area (Å²) >= 11 is 0. The number of pyridine rings is 1. The number of benzene rings is 2. The third-order valence-electron chi connectivity index (χ3n) is 4.36. The molecule has 5 nitrogen and oxygen atoms in total. The van der Waals surface area contributed by atoms with Gasteiger partial charge in [0.1, 0.15) is 16.6 Å². The van der Waals surface area contributed by atoms with Crippen molar-refractivity contribution in [3.05, 3.63) is 71.7 Å². The molecule has 0 aliphatic rings. The van der Waals surface area contributed by atoms with Crippen molar-refractivity contribution in [1.82, 2.24) is 9.88 Å². The molecule has 0 fully saturated rings. The first kappa shape index (κ1) is 17.8. The molecule has 0 saturated carbocycles. The van der Waals surface area contributed by atoms with E-state index in [0.29, 0.717) is 34.3 Å². The zero-order valence-corrected chi connectivity index (χ0v) is 15.7. The molecule has 0 aliphatic heterocycles. The minimum atomic E-state index is 0.430. The van der Waals surface area contributed by atoms with Crippen LogP contribution in [0.5, 0.6) is 0 Å². The fourth-order valence-electron chi connectivity index (χ4n) is 2.97. The van der Waals surface area contributed by atoms with Crippen LogP contribution in [0.1, 0.15) is 5.56 Å². The van der Waals surface area contributed by atoms with Crippen LogP contribution in [0, 0.1) is 11.8 Å². The Hall–Kier alpha value is -3.62. The summed E-state index contributed by atoms with van der Waals surface area (Å²) in [5, 5.41) is 16.2. The molecule has 0 radical (unpaired) electrons. The van der Waals surface area contributed by atoms with Crippen molar-refractivity contribution >= 4 is 21.7 Å². The molecule has 5 heteroatoms. The highest BCUT2D eigenvalue weighted by atomic mass is 16.4. The number of rotatable bonds is 2. The second-order valence-corrected chi connectivity index (χ2v) is 6.76. The van der Waals surface area contributed by atoms with Crippen molar-refractivity contribution in [2.24, 2.45) is 5.16 Å². The maximum Gasteiger partial charge on any atom is 0.155 e. The van der Waals surface area contributed by atoms with Crippen LogP contribution in [-0.2, 0) is 0 Å². The summed E-state index contributed by atoms with van der Waals surface area (Å²) in [5.74, 6) is 6.77. The Morgan fingerprint density at radius 3 is 2.68 bits per heavy atom. The van der Waals surface area contributed by atoms with Gasteiger partial charge in [0.25, 0.3) is 0 Å². The third kappa shape index (κ3) is 3.59. The fraction of sp³-hybridized carbons (Fsp3) is 0.130. The van der Waals surface area contributed by atoms with Crippen molar-refractivity contribution in [3.8, 4) is 23.3 Å². The molecule has 0 unspecified atom stereocenters. The number of aromatic nitrogens is 1. The lowest BCUT2D eigenvalue weighted by Gasteiger charge is -2.06. The maximum atomic E-state index is 9.48. The Kier molecular flexibility index (Phi) is 4.79. The van der Waals surface area contributed by atoms with E-state index in [9.17, 15) is 5.21 Å². The quantitative estimate of drug-likeness (QED) is 0.331. The molecule has 0 spiro atoms. The van der Waals surface area contributed by atoms with E-state index >= 15 is 0 Å². The van der Waals surface area contributed by atoms with E-state index in [-0.39, 0.29) is 0 Å². The zero-order chi connectivity index (χ0) is 19.5. The van der Waals surface area contributed by atoms with Crippen molar-refractivity contribution in [2.75, 3.05) is 20.6 Å². The van der Waals surface area contributed by atoms with Gasteiger partial charge in [0.15, 0.2) is 5.76 Å². The molecule has 138 valence electrons. The lowest BCUT2D eigenvalue weighted by atomic mass is 10.1. The first-order valence-electron chi connectivity index (χ1n) is 8.89.